The van der Waals surface area contributed by atoms with Crippen LogP contribution in [0.5, 0.6) is 0 Å². The van der Waals surface area contributed by atoms with Crippen LogP contribution in [0.25, 0.3) is 22.1 Å². The van der Waals surface area contributed by atoms with Crippen molar-refractivity contribution in [1.82, 2.24) is 30.0 Å². The van der Waals surface area contributed by atoms with Gasteiger partial charge in [-0.05, 0) is 11.6 Å². The minimum Gasteiger partial charge on any atom is -0.379 e. The molecule has 0 aliphatic carbocycles. The molecule has 33 heavy (non-hydrogen) atoms. The van der Waals surface area contributed by atoms with E-state index in [0.29, 0.717) is 18.2 Å². The first kappa shape index (κ1) is 21.8. The Morgan fingerprint density at radius 3 is 2.67 bits per heavy atom. The minimum absolute atomic E-state index is 0.0261. The van der Waals surface area contributed by atoms with Gasteiger partial charge in [-0.25, -0.2) is 4.98 Å². The molecule has 1 N–H and O–H groups in total. The summed E-state index contributed by atoms with van der Waals surface area (Å²) in [7, 11) is 0. The Bertz CT molecular complexity index is 1240. The van der Waals surface area contributed by atoms with Gasteiger partial charge in [-0.2, -0.15) is 0 Å². The van der Waals surface area contributed by atoms with E-state index in [2.05, 4.69) is 43.2 Å². The molecule has 1 aliphatic heterocycles. The first-order valence-electron chi connectivity index (χ1n) is 11.1. The fourth-order valence-electron chi connectivity index (χ4n) is 4.04. The Kier molecular flexibility index (Phi) is 6.80. The number of carbonyl (C=O) groups excluding carboxylic acids is 1. The topological polar surface area (TPSA) is 85.2 Å². The summed E-state index contributed by atoms with van der Waals surface area (Å²) in [5, 5.41) is 13.3. The highest BCUT2D eigenvalue weighted by atomic mass is 32.2. The second-order valence-corrected chi connectivity index (χ2v) is 8.89. The number of carbonyl (C=O) groups is 1. The first-order chi connectivity index (χ1) is 16.3. The molecule has 2 aromatic carbocycles. The summed E-state index contributed by atoms with van der Waals surface area (Å²) >= 11 is 1.31. The highest BCUT2D eigenvalue weighted by Gasteiger charge is 2.16. The number of aromatic nitrogens is 4. The van der Waals surface area contributed by atoms with E-state index in [1.54, 1.807) is 0 Å². The Hall–Kier alpha value is -3.01. The van der Waals surface area contributed by atoms with E-state index in [4.69, 9.17) is 9.72 Å². The Morgan fingerprint density at radius 1 is 1.03 bits per heavy atom. The maximum absolute atomic E-state index is 12.3. The summed E-state index contributed by atoms with van der Waals surface area (Å²) in [6, 6.07) is 18.4. The van der Waals surface area contributed by atoms with Gasteiger partial charge in [-0.15, -0.1) is 10.2 Å². The van der Waals surface area contributed by atoms with Crippen molar-refractivity contribution >= 4 is 39.7 Å². The number of para-hydroxylation sites is 1. The molecule has 1 fully saturated rings. The number of rotatable bonds is 8. The lowest BCUT2D eigenvalue weighted by atomic mass is 10.2. The van der Waals surface area contributed by atoms with Gasteiger partial charge in [0.1, 0.15) is 5.52 Å². The van der Waals surface area contributed by atoms with Crippen molar-refractivity contribution in [2.45, 2.75) is 11.7 Å². The van der Waals surface area contributed by atoms with Crippen LogP contribution in [0.1, 0.15) is 5.56 Å². The second kappa shape index (κ2) is 10.3. The molecule has 0 bridgehead atoms. The van der Waals surface area contributed by atoms with E-state index in [9.17, 15) is 4.79 Å². The number of fused-ring (bicyclic) bond motifs is 3. The maximum atomic E-state index is 12.3. The molecular formula is C24H26N6O2S. The molecule has 0 unspecified atom stereocenters. The molecule has 0 spiro atoms. The van der Waals surface area contributed by atoms with E-state index in [0.717, 1.165) is 54.9 Å². The van der Waals surface area contributed by atoms with Crippen LogP contribution in [-0.2, 0) is 16.1 Å². The van der Waals surface area contributed by atoms with Crippen LogP contribution in [0, 0.1) is 0 Å². The normalized spacial score (nSPS) is 14.7. The quantitative estimate of drug-likeness (QED) is 0.403. The zero-order valence-electron chi connectivity index (χ0n) is 18.3. The molecule has 5 rings (SSSR count). The third-order valence-corrected chi connectivity index (χ3v) is 6.56. The lowest BCUT2D eigenvalue weighted by Crippen LogP contribution is -2.41. The zero-order chi connectivity index (χ0) is 22.5. The minimum atomic E-state index is -0.0261. The zero-order valence-corrected chi connectivity index (χ0v) is 19.1. The van der Waals surface area contributed by atoms with Crippen LogP contribution < -0.4 is 5.32 Å². The van der Waals surface area contributed by atoms with Gasteiger partial charge in [0.25, 0.3) is 0 Å². The molecule has 0 atom stereocenters. The van der Waals surface area contributed by atoms with Crippen molar-refractivity contribution in [1.29, 1.82) is 0 Å². The Balaban J connectivity index is 1.28. The number of benzene rings is 2. The standard InChI is InChI=1S/C24H26N6O2S/c31-21(25-10-11-29-12-14-32-15-13-29)17-33-24-26-23-22(27-28-24)19-8-4-5-9-20(19)30(23)16-18-6-2-1-3-7-18/h1-9H,10-17H2,(H,25,31). The van der Waals surface area contributed by atoms with Crippen molar-refractivity contribution in [3.63, 3.8) is 0 Å². The molecule has 0 radical (unpaired) electrons. The molecular weight excluding hydrogens is 436 g/mol. The van der Waals surface area contributed by atoms with Gasteiger partial charge in [0, 0.05) is 38.1 Å². The number of morpholine rings is 1. The van der Waals surface area contributed by atoms with Crippen LogP contribution in [-0.4, -0.2) is 75.7 Å². The van der Waals surface area contributed by atoms with Gasteiger partial charge in [0.2, 0.25) is 11.1 Å². The van der Waals surface area contributed by atoms with E-state index in [1.165, 1.54) is 17.3 Å². The van der Waals surface area contributed by atoms with Crippen molar-refractivity contribution < 1.29 is 9.53 Å². The third kappa shape index (κ3) is 5.16. The van der Waals surface area contributed by atoms with Crippen molar-refractivity contribution in [2.24, 2.45) is 0 Å². The average molecular weight is 463 g/mol. The lowest BCUT2D eigenvalue weighted by molar-refractivity contribution is -0.118. The molecule has 170 valence electrons. The van der Waals surface area contributed by atoms with Crippen molar-refractivity contribution in [2.75, 3.05) is 45.1 Å². The number of hydrogen-bond donors (Lipinski definition) is 1. The smallest absolute Gasteiger partial charge is 0.230 e. The third-order valence-electron chi connectivity index (χ3n) is 5.72. The summed E-state index contributed by atoms with van der Waals surface area (Å²) in [6.45, 7) is 5.51. The molecule has 8 nitrogen and oxygen atoms in total. The van der Waals surface area contributed by atoms with Gasteiger partial charge in [-0.1, -0.05) is 60.3 Å². The SMILES string of the molecule is O=C(CSc1nnc2c3ccccc3n(Cc3ccccc3)c2n1)NCCN1CCOCC1. The Labute approximate surface area is 196 Å². The van der Waals surface area contributed by atoms with Crippen LogP contribution in [0.4, 0.5) is 0 Å². The van der Waals surface area contributed by atoms with Crippen molar-refractivity contribution in [3.05, 3.63) is 60.2 Å². The molecule has 2 aromatic heterocycles. The molecule has 9 heteroatoms. The molecule has 1 amide bonds. The van der Waals surface area contributed by atoms with Crippen LogP contribution >= 0.6 is 11.8 Å². The largest absolute Gasteiger partial charge is 0.379 e. The number of hydrogen-bond acceptors (Lipinski definition) is 7. The number of amides is 1. The van der Waals surface area contributed by atoms with E-state index >= 15 is 0 Å². The van der Waals surface area contributed by atoms with Crippen molar-refractivity contribution in [3.8, 4) is 0 Å². The Morgan fingerprint density at radius 2 is 1.82 bits per heavy atom. The number of ether oxygens (including phenoxy) is 1. The molecule has 1 aliphatic rings. The number of thioether (sulfide) groups is 1. The number of nitrogens with zero attached hydrogens (tertiary/aromatic N) is 5. The molecule has 3 heterocycles. The van der Waals surface area contributed by atoms with Gasteiger partial charge in [0.15, 0.2) is 5.65 Å². The van der Waals surface area contributed by atoms with Crippen LogP contribution in [0.15, 0.2) is 59.8 Å². The van der Waals surface area contributed by atoms with E-state index in [-0.39, 0.29) is 11.7 Å². The summed E-state index contributed by atoms with van der Waals surface area (Å²) in [5.41, 5.74) is 3.82. The molecule has 0 saturated carbocycles. The highest BCUT2D eigenvalue weighted by molar-refractivity contribution is 7.99. The maximum Gasteiger partial charge on any atom is 0.230 e. The van der Waals surface area contributed by atoms with Crippen LogP contribution in [0.2, 0.25) is 0 Å². The number of nitrogens with one attached hydrogen (secondary N) is 1. The predicted octanol–water partition coefficient (Wildman–Crippen LogP) is 2.57. The average Bonchev–Trinajstić information content (AvgIpc) is 3.17. The monoisotopic (exact) mass is 462 g/mol. The summed E-state index contributed by atoms with van der Waals surface area (Å²) < 4.78 is 7.52. The predicted molar refractivity (Wildman–Crippen MR) is 129 cm³/mol. The first-order valence-corrected chi connectivity index (χ1v) is 12.1. The fraction of sp³-hybridized carbons (Fsp3) is 0.333. The van der Waals surface area contributed by atoms with Gasteiger partial charge < -0.3 is 14.6 Å². The van der Waals surface area contributed by atoms with E-state index in [1.807, 2.05) is 36.4 Å². The van der Waals surface area contributed by atoms with E-state index < -0.39 is 0 Å². The van der Waals surface area contributed by atoms with Gasteiger partial charge >= 0.3 is 0 Å². The summed E-state index contributed by atoms with van der Waals surface area (Å²) in [6.07, 6.45) is 0. The summed E-state index contributed by atoms with van der Waals surface area (Å²) in [5.74, 6) is 0.233. The molecule has 1 saturated heterocycles. The summed E-state index contributed by atoms with van der Waals surface area (Å²) in [4.78, 5) is 19.4. The molecule has 4 aromatic rings. The second-order valence-electron chi connectivity index (χ2n) is 7.95. The highest BCUT2D eigenvalue weighted by Crippen LogP contribution is 2.28. The van der Waals surface area contributed by atoms with Crippen LogP contribution in [0.3, 0.4) is 0 Å². The van der Waals surface area contributed by atoms with Gasteiger partial charge in [-0.3, -0.25) is 9.69 Å². The fourth-order valence-corrected chi connectivity index (χ4v) is 4.65. The van der Waals surface area contributed by atoms with Gasteiger partial charge in [0.05, 0.1) is 24.5 Å². The lowest BCUT2D eigenvalue weighted by Gasteiger charge is -2.26.